The number of hydrogen-bond donors (Lipinski definition) is 1. The van der Waals surface area contributed by atoms with E-state index in [0.29, 0.717) is 12.2 Å². The summed E-state index contributed by atoms with van der Waals surface area (Å²) in [6.07, 6.45) is 1.94. The molecular formula is C6H11N3O2S. The van der Waals surface area contributed by atoms with Gasteiger partial charge in [0.15, 0.2) is 9.84 Å². The smallest absolute Gasteiger partial charge is 0.157 e. The van der Waals surface area contributed by atoms with Crippen LogP contribution in [0.3, 0.4) is 0 Å². The van der Waals surface area contributed by atoms with E-state index in [2.05, 4.69) is 15.2 Å². The van der Waals surface area contributed by atoms with E-state index in [1.807, 2.05) is 6.92 Å². The summed E-state index contributed by atoms with van der Waals surface area (Å²) >= 11 is 0. The molecule has 0 aromatic carbocycles. The van der Waals surface area contributed by atoms with Crippen LogP contribution in [0.2, 0.25) is 0 Å². The van der Waals surface area contributed by atoms with Crippen molar-refractivity contribution in [1.82, 2.24) is 15.2 Å². The van der Waals surface area contributed by atoms with E-state index in [-0.39, 0.29) is 11.5 Å². The zero-order valence-electron chi connectivity index (χ0n) is 6.82. The summed E-state index contributed by atoms with van der Waals surface area (Å²) < 4.78 is 22.4. The predicted octanol–water partition coefficient (Wildman–Crippen LogP) is 0.130. The van der Waals surface area contributed by atoms with Gasteiger partial charge in [0.1, 0.15) is 17.9 Å². The molecule has 0 aliphatic heterocycles. The van der Waals surface area contributed by atoms with Crippen molar-refractivity contribution in [1.29, 1.82) is 0 Å². The summed E-state index contributed by atoms with van der Waals surface area (Å²) in [7, 11) is -2.99. The molecule has 0 bridgehead atoms. The lowest BCUT2D eigenvalue weighted by Crippen LogP contribution is -2.09. The quantitative estimate of drug-likeness (QED) is 0.730. The van der Waals surface area contributed by atoms with Crippen LogP contribution in [-0.2, 0) is 15.6 Å². The average Bonchev–Trinajstić information content (AvgIpc) is 2.38. The zero-order chi connectivity index (χ0) is 9.03. The van der Waals surface area contributed by atoms with Crippen LogP contribution < -0.4 is 0 Å². The summed E-state index contributed by atoms with van der Waals surface area (Å²) in [4.78, 5) is 3.74. The molecule has 0 saturated carbocycles. The molecule has 1 rings (SSSR count). The molecule has 0 radical (unpaired) electrons. The van der Waals surface area contributed by atoms with E-state index in [1.165, 1.54) is 6.33 Å². The highest BCUT2D eigenvalue weighted by Gasteiger charge is 2.11. The third-order valence-electron chi connectivity index (χ3n) is 1.34. The second-order valence-electron chi connectivity index (χ2n) is 2.52. The highest BCUT2D eigenvalue weighted by Crippen LogP contribution is 2.00. The van der Waals surface area contributed by atoms with Crippen LogP contribution in [0.25, 0.3) is 0 Å². The van der Waals surface area contributed by atoms with E-state index < -0.39 is 9.84 Å². The highest BCUT2D eigenvalue weighted by molar-refractivity contribution is 7.90. The van der Waals surface area contributed by atoms with Gasteiger partial charge >= 0.3 is 0 Å². The largest absolute Gasteiger partial charge is 0.262 e. The van der Waals surface area contributed by atoms with Crippen LogP contribution in [-0.4, -0.2) is 29.4 Å². The van der Waals surface area contributed by atoms with Crippen LogP contribution in [0.4, 0.5) is 0 Å². The van der Waals surface area contributed by atoms with Crippen molar-refractivity contribution in [3.05, 3.63) is 12.2 Å². The van der Waals surface area contributed by atoms with Crippen molar-refractivity contribution in [2.24, 2.45) is 0 Å². The fourth-order valence-electron chi connectivity index (χ4n) is 0.892. The summed E-state index contributed by atoms with van der Waals surface area (Å²) in [6.45, 7) is 1.83. The summed E-state index contributed by atoms with van der Waals surface area (Å²) in [5, 5.41) is 6.08. The Morgan fingerprint density at radius 1 is 1.58 bits per heavy atom. The number of rotatable bonds is 4. The van der Waals surface area contributed by atoms with Gasteiger partial charge in [-0.05, 0) is 6.42 Å². The molecule has 0 amide bonds. The highest BCUT2D eigenvalue weighted by atomic mass is 32.2. The molecule has 5 nitrogen and oxygen atoms in total. The third-order valence-corrected chi connectivity index (χ3v) is 3.08. The molecule has 68 valence electrons. The Morgan fingerprint density at radius 2 is 2.33 bits per heavy atom. The van der Waals surface area contributed by atoms with Gasteiger partial charge in [0.2, 0.25) is 0 Å². The molecule has 0 saturated heterocycles. The SMILES string of the molecule is CCCS(=O)(=O)Cc1ncn[nH]1. The molecule has 1 aromatic rings. The molecule has 0 unspecified atom stereocenters. The topological polar surface area (TPSA) is 75.7 Å². The van der Waals surface area contributed by atoms with Crippen molar-refractivity contribution in [3.8, 4) is 0 Å². The van der Waals surface area contributed by atoms with Gasteiger partial charge in [0, 0.05) is 0 Å². The van der Waals surface area contributed by atoms with Gasteiger partial charge in [-0.2, -0.15) is 5.10 Å². The lowest BCUT2D eigenvalue weighted by Gasteiger charge is -1.97. The van der Waals surface area contributed by atoms with Gasteiger partial charge < -0.3 is 0 Å². The summed E-state index contributed by atoms with van der Waals surface area (Å²) in [5.74, 6) is 0.567. The van der Waals surface area contributed by atoms with Crippen LogP contribution >= 0.6 is 0 Å². The number of aromatic amines is 1. The lowest BCUT2D eigenvalue weighted by molar-refractivity contribution is 0.592. The second kappa shape index (κ2) is 3.66. The molecule has 1 aromatic heterocycles. The third kappa shape index (κ3) is 2.61. The first-order valence-electron chi connectivity index (χ1n) is 3.68. The molecule has 0 atom stereocenters. The van der Waals surface area contributed by atoms with Crippen molar-refractivity contribution < 1.29 is 8.42 Å². The minimum absolute atomic E-state index is 0.0408. The number of H-pyrrole nitrogens is 1. The maximum absolute atomic E-state index is 11.2. The standard InChI is InChI=1S/C6H11N3O2S/c1-2-3-12(10,11)4-6-7-5-8-9-6/h5H,2-4H2,1H3,(H,7,8,9). The van der Waals surface area contributed by atoms with E-state index in [1.54, 1.807) is 0 Å². The van der Waals surface area contributed by atoms with Crippen molar-refractivity contribution in [2.75, 3.05) is 5.75 Å². The minimum atomic E-state index is -2.99. The number of nitrogens with one attached hydrogen (secondary N) is 1. The predicted molar refractivity (Wildman–Crippen MR) is 44.2 cm³/mol. The van der Waals surface area contributed by atoms with Crippen LogP contribution in [0, 0.1) is 0 Å². The van der Waals surface area contributed by atoms with Crippen LogP contribution in [0.1, 0.15) is 19.2 Å². The van der Waals surface area contributed by atoms with Gasteiger partial charge in [-0.25, -0.2) is 13.4 Å². The first kappa shape index (κ1) is 9.18. The molecular weight excluding hydrogens is 178 g/mol. The molecule has 1 N–H and O–H groups in total. The summed E-state index contributed by atoms with van der Waals surface area (Å²) in [5.41, 5.74) is 0. The maximum Gasteiger partial charge on any atom is 0.157 e. The second-order valence-corrected chi connectivity index (χ2v) is 4.71. The fourth-order valence-corrected chi connectivity index (χ4v) is 2.21. The fraction of sp³-hybridized carbons (Fsp3) is 0.667. The molecule has 0 spiro atoms. The zero-order valence-corrected chi connectivity index (χ0v) is 7.63. The Labute approximate surface area is 71.1 Å². The lowest BCUT2D eigenvalue weighted by atomic mass is 10.6. The van der Waals surface area contributed by atoms with E-state index in [0.717, 1.165) is 0 Å². The normalized spacial score (nSPS) is 11.8. The first-order chi connectivity index (χ1) is 5.64. The Morgan fingerprint density at radius 3 is 2.83 bits per heavy atom. The van der Waals surface area contributed by atoms with Crippen LogP contribution in [0.5, 0.6) is 0 Å². The first-order valence-corrected chi connectivity index (χ1v) is 5.51. The van der Waals surface area contributed by atoms with Gasteiger partial charge in [0.05, 0.1) is 5.75 Å². The Hall–Kier alpha value is -0.910. The number of nitrogens with zero attached hydrogens (tertiary/aromatic N) is 2. The maximum atomic E-state index is 11.2. The monoisotopic (exact) mass is 189 g/mol. The van der Waals surface area contributed by atoms with Gasteiger partial charge in [-0.3, -0.25) is 5.10 Å². The van der Waals surface area contributed by atoms with E-state index >= 15 is 0 Å². The average molecular weight is 189 g/mol. The Bertz CT molecular complexity index is 317. The molecule has 1 heterocycles. The van der Waals surface area contributed by atoms with Crippen molar-refractivity contribution in [3.63, 3.8) is 0 Å². The Kier molecular flexibility index (Phi) is 2.80. The minimum Gasteiger partial charge on any atom is -0.262 e. The van der Waals surface area contributed by atoms with Gasteiger partial charge in [-0.15, -0.1) is 0 Å². The number of sulfone groups is 1. The van der Waals surface area contributed by atoms with Crippen LogP contribution in [0.15, 0.2) is 6.33 Å². The number of hydrogen-bond acceptors (Lipinski definition) is 4. The molecule has 0 aliphatic carbocycles. The Balaban J connectivity index is 2.63. The molecule has 0 fully saturated rings. The van der Waals surface area contributed by atoms with Crippen molar-refractivity contribution >= 4 is 9.84 Å². The molecule has 0 aliphatic rings. The summed E-state index contributed by atoms with van der Waals surface area (Å²) in [6, 6.07) is 0. The molecule has 12 heavy (non-hydrogen) atoms. The van der Waals surface area contributed by atoms with Crippen molar-refractivity contribution in [2.45, 2.75) is 19.1 Å². The molecule has 6 heteroatoms. The number of aromatic nitrogens is 3. The van der Waals surface area contributed by atoms with E-state index in [9.17, 15) is 8.42 Å². The van der Waals surface area contributed by atoms with Gasteiger partial charge in [-0.1, -0.05) is 6.92 Å². The van der Waals surface area contributed by atoms with Gasteiger partial charge in [0.25, 0.3) is 0 Å². The van der Waals surface area contributed by atoms with E-state index in [4.69, 9.17) is 0 Å².